The number of alkyl halides is 3. The zero-order chi connectivity index (χ0) is 13.3. The van der Waals surface area contributed by atoms with Crippen molar-refractivity contribution in [1.29, 1.82) is 0 Å². The Bertz CT molecular complexity index is 561. The van der Waals surface area contributed by atoms with Gasteiger partial charge in [-0.15, -0.1) is 0 Å². The summed E-state index contributed by atoms with van der Waals surface area (Å²) in [5.74, 6) is 0. The number of aromatic nitrogens is 2. The molecular weight excluding hydrogens is 245 g/mol. The quantitative estimate of drug-likeness (QED) is 0.897. The van der Waals surface area contributed by atoms with Crippen molar-refractivity contribution in [3.8, 4) is 5.69 Å². The molecule has 0 radical (unpaired) electrons. The minimum absolute atomic E-state index is 0.167. The van der Waals surface area contributed by atoms with Crippen LogP contribution in [-0.2, 0) is 12.8 Å². The van der Waals surface area contributed by atoms with E-state index in [4.69, 9.17) is 5.11 Å². The molecule has 6 heteroatoms. The van der Waals surface area contributed by atoms with Gasteiger partial charge in [0.15, 0.2) is 0 Å². The molecule has 1 heterocycles. The summed E-state index contributed by atoms with van der Waals surface area (Å²) in [4.78, 5) is 0. The largest absolute Gasteiger partial charge is 0.416 e. The van der Waals surface area contributed by atoms with Crippen LogP contribution < -0.4 is 0 Å². The van der Waals surface area contributed by atoms with Gasteiger partial charge in [-0.2, -0.15) is 18.3 Å². The fourth-order valence-corrected chi connectivity index (χ4v) is 1.65. The SMILES string of the molecule is Cc1ccc(-n2ccc(CO)n2)cc1C(F)(F)F. The van der Waals surface area contributed by atoms with Crippen LogP contribution in [0.2, 0.25) is 0 Å². The molecular formula is C12H11F3N2O. The maximum Gasteiger partial charge on any atom is 0.416 e. The molecule has 0 aliphatic carbocycles. The standard InChI is InChI=1S/C12H11F3N2O/c1-8-2-3-10(6-11(8)12(13,14)15)17-5-4-9(7-18)16-17/h2-6,18H,7H2,1H3. The summed E-state index contributed by atoms with van der Waals surface area (Å²) in [6.45, 7) is 1.17. The average molecular weight is 256 g/mol. The van der Waals surface area contributed by atoms with Gasteiger partial charge >= 0.3 is 6.18 Å². The number of aryl methyl sites for hydroxylation is 1. The van der Waals surface area contributed by atoms with Crippen molar-refractivity contribution in [3.63, 3.8) is 0 Å². The predicted molar refractivity (Wildman–Crippen MR) is 59.2 cm³/mol. The van der Waals surface area contributed by atoms with E-state index in [1.165, 1.54) is 23.9 Å². The van der Waals surface area contributed by atoms with Gasteiger partial charge in [0.25, 0.3) is 0 Å². The highest BCUT2D eigenvalue weighted by Crippen LogP contribution is 2.32. The number of aliphatic hydroxyl groups is 1. The molecule has 0 saturated heterocycles. The molecule has 0 bridgehead atoms. The smallest absolute Gasteiger partial charge is 0.390 e. The summed E-state index contributed by atoms with van der Waals surface area (Å²) < 4.78 is 39.5. The second kappa shape index (κ2) is 4.45. The predicted octanol–water partition coefficient (Wildman–Crippen LogP) is 2.69. The number of rotatable bonds is 2. The van der Waals surface area contributed by atoms with E-state index < -0.39 is 11.7 Å². The third-order valence-electron chi connectivity index (χ3n) is 2.60. The molecule has 0 saturated carbocycles. The highest BCUT2D eigenvalue weighted by Gasteiger charge is 2.32. The molecule has 1 aromatic heterocycles. The lowest BCUT2D eigenvalue weighted by Crippen LogP contribution is -2.09. The van der Waals surface area contributed by atoms with Gasteiger partial charge < -0.3 is 5.11 Å². The van der Waals surface area contributed by atoms with E-state index in [0.29, 0.717) is 11.4 Å². The molecule has 3 nitrogen and oxygen atoms in total. The van der Waals surface area contributed by atoms with Gasteiger partial charge in [-0.05, 0) is 30.7 Å². The Morgan fingerprint density at radius 1 is 1.28 bits per heavy atom. The van der Waals surface area contributed by atoms with E-state index in [9.17, 15) is 13.2 Å². The summed E-state index contributed by atoms with van der Waals surface area (Å²) in [6, 6.07) is 5.55. The van der Waals surface area contributed by atoms with Gasteiger partial charge in [-0.1, -0.05) is 6.07 Å². The van der Waals surface area contributed by atoms with E-state index in [2.05, 4.69) is 5.10 Å². The summed E-state index contributed by atoms with van der Waals surface area (Å²) in [5, 5.41) is 12.8. The fraction of sp³-hybridized carbons (Fsp3) is 0.250. The van der Waals surface area contributed by atoms with E-state index in [1.807, 2.05) is 0 Å². The lowest BCUT2D eigenvalue weighted by molar-refractivity contribution is -0.138. The van der Waals surface area contributed by atoms with Gasteiger partial charge in [-0.3, -0.25) is 0 Å². The molecule has 2 aromatic rings. The number of aliphatic hydroxyl groups excluding tert-OH is 1. The van der Waals surface area contributed by atoms with Crippen LogP contribution in [0, 0.1) is 6.92 Å². The van der Waals surface area contributed by atoms with Crippen molar-refractivity contribution in [2.45, 2.75) is 19.7 Å². The Kier molecular flexibility index (Phi) is 3.13. The van der Waals surface area contributed by atoms with Crippen molar-refractivity contribution < 1.29 is 18.3 Å². The summed E-state index contributed by atoms with van der Waals surface area (Å²) in [5.41, 5.74) is 0.207. The molecule has 0 fully saturated rings. The van der Waals surface area contributed by atoms with Crippen molar-refractivity contribution >= 4 is 0 Å². The molecule has 0 aliphatic heterocycles. The maximum atomic E-state index is 12.7. The zero-order valence-corrected chi connectivity index (χ0v) is 9.57. The molecule has 0 spiro atoms. The second-order valence-electron chi connectivity index (χ2n) is 3.91. The first kappa shape index (κ1) is 12.6. The third-order valence-corrected chi connectivity index (χ3v) is 2.60. The highest BCUT2D eigenvalue weighted by molar-refractivity contribution is 5.41. The van der Waals surface area contributed by atoms with E-state index in [-0.39, 0.29) is 12.2 Å². The molecule has 0 amide bonds. The van der Waals surface area contributed by atoms with Gasteiger partial charge in [-0.25, -0.2) is 4.68 Å². The van der Waals surface area contributed by atoms with Gasteiger partial charge in [0.05, 0.1) is 23.6 Å². The van der Waals surface area contributed by atoms with Crippen LogP contribution in [0.25, 0.3) is 5.69 Å². The lowest BCUT2D eigenvalue weighted by atomic mass is 10.1. The van der Waals surface area contributed by atoms with Gasteiger partial charge in [0.2, 0.25) is 0 Å². The molecule has 2 rings (SSSR count). The molecule has 0 unspecified atom stereocenters. The Labute approximate surface area is 101 Å². The van der Waals surface area contributed by atoms with E-state index in [0.717, 1.165) is 6.07 Å². The Hall–Kier alpha value is -1.82. The van der Waals surface area contributed by atoms with E-state index >= 15 is 0 Å². The van der Waals surface area contributed by atoms with Crippen LogP contribution in [0.4, 0.5) is 13.2 Å². The third kappa shape index (κ3) is 2.38. The van der Waals surface area contributed by atoms with Crippen molar-refractivity contribution in [2.24, 2.45) is 0 Å². The second-order valence-corrected chi connectivity index (χ2v) is 3.91. The Morgan fingerprint density at radius 2 is 2.00 bits per heavy atom. The van der Waals surface area contributed by atoms with Crippen LogP contribution in [0.3, 0.4) is 0 Å². The van der Waals surface area contributed by atoms with Crippen LogP contribution in [0.5, 0.6) is 0 Å². The highest BCUT2D eigenvalue weighted by atomic mass is 19.4. The summed E-state index contributed by atoms with van der Waals surface area (Å²) in [7, 11) is 0. The molecule has 0 atom stereocenters. The first-order chi connectivity index (χ1) is 8.41. The van der Waals surface area contributed by atoms with Crippen molar-refractivity contribution in [1.82, 2.24) is 9.78 Å². The maximum absolute atomic E-state index is 12.7. The normalized spacial score (nSPS) is 11.8. The summed E-state index contributed by atoms with van der Waals surface area (Å²) in [6.07, 6.45) is -2.87. The van der Waals surface area contributed by atoms with Gasteiger partial charge in [0, 0.05) is 6.20 Å². The minimum atomic E-state index is -4.38. The molecule has 96 valence electrons. The van der Waals surface area contributed by atoms with E-state index in [1.54, 1.807) is 12.1 Å². The van der Waals surface area contributed by atoms with Crippen LogP contribution in [-0.4, -0.2) is 14.9 Å². The Balaban J connectivity index is 2.47. The fourth-order valence-electron chi connectivity index (χ4n) is 1.65. The van der Waals surface area contributed by atoms with Crippen LogP contribution in [0.1, 0.15) is 16.8 Å². The average Bonchev–Trinajstić information content (AvgIpc) is 2.76. The monoisotopic (exact) mass is 256 g/mol. The number of nitrogens with zero attached hydrogens (tertiary/aromatic N) is 2. The van der Waals surface area contributed by atoms with Gasteiger partial charge in [0.1, 0.15) is 0 Å². The van der Waals surface area contributed by atoms with Crippen LogP contribution in [0.15, 0.2) is 30.5 Å². The molecule has 1 aromatic carbocycles. The summed E-state index contributed by atoms with van der Waals surface area (Å²) >= 11 is 0. The lowest BCUT2D eigenvalue weighted by Gasteiger charge is -2.12. The molecule has 0 aliphatic rings. The molecule has 1 N–H and O–H groups in total. The number of hydrogen-bond donors (Lipinski definition) is 1. The van der Waals surface area contributed by atoms with Crippen LogP contribution >= 0.6 is 0 Å². The first-order valence-corrected chi connectivity index (χ1v) is 5.25. The minimum Gasteiger partial charge on any atom is -0.390 e. The van der Waals surface area contributed by atoms with Crippen molar-refractivity contribution in [2.75, 3.05) is 0 Å². The molecule has 18 heavy (non-hydrogen) atoms. The first-order valence-electron chi connectivity index (χ1n) is 5.25. The Morgan fingerprint density at radius 3 is 2.56 bits per heavy atom. The number of halogens is 3. The number of hydrogen-bond acceptors (Lipinski definition) is 2. The van der Waals surface area contributed by atoms with Crippen molar-refractivity contribution in [3.05, 3.63) is 47.3 Å². The number of benzene rings is 1. The zero-order valence-electron chi connectivity index (χ0n) is 9.57. The topological polar surface area (TPSA) is 38.0 Å².